The van der Waals surface area contributed by atoms with Crippen molar-refractivity contribution < 1.29 is 5.11 Å². The molecule has 0 radical (unpaired) electrons. The van der Waals surface area contributed by atoms with E-state index in [1.54, 1.807) is 12.1 Å². The molecule has 0 atom stereocenters. The third kappa shape index (κ3) is 2.99. The largest absolute Gasteiger partial charge is 0.508 e. The molecule has 0 saturated heterocycles. The van der Waals surface area contributed by atoms with E-state index in [-0.39, 0.29) is 5.75 Å². The summed E-state index contributed by atoms with van der Waals surface area (Å²) in [5.74, 6) is 0.284. The molecule has 1 aliphatic rings. The molecule has 2 N–H and O–H groups in total. The summed E-state index contributed by atoms with van der Waals surface area (Å²) in [4.78, 5) is 0. The van der Waals surface area contributed by atoms with E-state index in [4.69, 9.17) is 11.6 Å². The summed E-state index contributed by atoms with van der Waals surface area (Å²) in [6, 6.07) is 5.28. The van der Waals surface area contributed by atoms with Gasteiger partial charge in [0.1, 0.15) is 5.75 Å². The second kappa shape index (κ2) is 5.94. The van der Waals surface area contributed by atoms with Gasteiger partial charge in [-0.05, 0) is 36.8 Å². The van der Waals surface area contributed by atoms with Gasteiger partial charge in [-0.1, -0.05) is 37.4 Å². The SMILES string of the molecule is CCC1(CNCc2c(O)cccc2Cl)CCCC1. The third-order valence-corrected chi connectivity index (χ3v) is 4.66. The van der Waals surface area contributed by atoms with Crippen LogP contribution in [0, 0.1) is 5.41 Å². The topological polar surface area (TPSA) is 32.3 Å². The molecule has 0 spiro atoms. The Morgan fingerprint density at radius 2 is 2.06 bits per heavy atom. The number of rotatable bonds is 5. The fourth-order valence-electron chi connectivity index (χ4n) is 2.96. The van der Waals surface area contributed by atoms with Crippen molar-refractivity contribution >= 4 is 11.6 Å². The van der Waals surface area contributed by atoms with Gasteiger partial charge in [-0.15, -0.1) is 0 Å². The summed E-state index contributed by atoms with van der Waals surface area (Å²) in [7, 11) is 0. The molecule has 1 aromatic carbocycles. The zero-order valence-corrected chi connectivity index (χ0v) is 11.8. The Labute approximate surface area is 114 Å². The van der Waals surface area contributed by atoms with Crippen molar-refractivity contribution in [3.8, 4) is 5.75 Å². The highest BCUT2D eigenvalue weighted by Crippen LogP contribution is 2.40. The number of aromatic hydroxyl groups is 1. The molecule has 0 amide bonds. The number of halogens is 1. The van der Waals surface area contributed by atoms with Gasteiger partial charge < -0.3 is 10.4 Å². The van der Waals surface area contributed by atoms with Crippen LogP contribution in [0.3, 0.4) is 0 Å². The first kappa shape index (κ1) is 13.7. The van der Waals surface area contributed by atoms with E-state index in [0.29, 0.717) is 17.0 Å². The predicted octanol–water partition coefficient (Wildman–Crippen LogP) is 4.11. The van der Waals surface area contributed by atoms with Crippen molar-refractivity contribution in [3.63, 3.8) is 0 Å². The molecule has 0 bridgehead atoms. The monoisotopic (exact) mass is 267 g/mol. The van der Waals surface area contributed by atoms with E-state index in [9.17, 15) is 5.11 Å². The van der Waals surface area contributed by atoms with Crippen LogP contribution in [-0.2, 0) is 6.54 Å². The summed E-state index contributed by atoms with van der Waals surface area (Å²) in [6.45, 7) is 3.95. The maximum atomic E-state index is 9.78. The van der Waals surface area contributed by atoms with E-state index < -0.39 is 0 Å². The summed E-state index contributed by atoms with van der Waals surface area (Å²) >= 11 is 6.09. The highest BCUT2D eigenvalue weighted by atomic mass is 35.5. The average molecular weight is 268 g/mol. The summed E-state index contributed by atoms with van der Waals surface area (Å²) in [5.41, 5.74) is 1.28. The Balaban J connectivity index is 1.92. The van der Waals surface area contributed by atoms with Crippen molar-refractivity contribution in [2.75, 3.05) is 6.54 Å². The third-order valence-electron chi connectivity index (χ3n) is 4.31. The Hall–Kier alpha value is -0.730. The van der Waals surface area contributed by atoms with Crippen LogP contribution in [0.25, 0.3) is 0 Å². The zero-order valence-electron chi connectivity index (χ0n) is 11.0. The Morgan fingerprint density at radius 3 is 2.67 bits per heavy atom. The minimum absolute atomic E-state index is 0.284. The second-order valence-corrected chi connectivity index (χ2v) is 5.81. The van der Waals surface area contributed by atoms with Crippen molar-refractivity contribution in [1.82, 2.24) is 5.32 Å². The highest BCUT2D eigenvalue weighted by Gasteiger charge is 2.31. The van der Waals surface area contributed by atoms with Crippen molar-refractivity contribution in [2.24, 2.45) is 5.41 Å². The standard InChI is InChI=1S/C15H22ClNO/c1-2-15(8-3-4-9-15)11-17-10-12-13(16)6-5-7-14(12)18/h5-7,17-18H,2-4,8-11H2,1H3. The molecule has 1 aromatic rings. The molecule has 2 rings (SSSR count). The lowest BCUT2D eigenvalue weighted by Gasteiger charge is -2.28. The van der Waals surface area contributed by atoms with Crippen LogP contribution in [-0.4, -0.2) is 11.7 Å². The molecule has 1 saturated carbocycles. The maximum Gasteiger partial charge on any atom is 0.121 e. The van der Waals surface area contributed by atoms with E-state index in [1.165, 1.54) is 32.1 Å². The zero-order chi connectivity index (χ0) is 13.0. The minimum atomic E-state index is 0.284. The normalized spacial score (nSPS) is 18.1. The van der Waals surface area contributed by atoms with E-state index in [2.05, 4.69) is 12.2 Å². The van der Waals surface area contributed by atoms with Gasteiger partial charge in [0.25, 0.3) is 0 Å². The van der Waals surface area contributed by atoms with Gasteiger partial charge in [-0.3, -0.25) is 0 Å². The first-order valence-electron chi connectivity index (χ1n) is 6.84. The molecule has 1 fully saturated rings. The van der Waals surface area contributed by atoms with E-state index >= 15 is 0 Å². The molecular formula is C15H22ClNO. The fraction of sp³-hybridized carbons (Fsp3) is 0.600. The van der Waals surface area contributed by atoms with Gasteiger partial charge in [0.05, 0.1) is 0 Å². The highest BCUT2D eigenvalue weighted by molar-refractivity contribution is 6.31. The first-order chi connectivity index (χ1) is 8.67. The van der Waals surface area contributed by atoms with Crippen LogP contribution in [0.5, 0.6) is 5.75 Å². The number of nitrogens with one attached hydrogen (secondary N) is 1. The van der Waals surface area contributed by atoms with E-state index in [0.717, 1.165) is 12.1 Å². The fourth-order valence-corrected chi connectivity index (χ4v) is 3.19. The van der Waals surface area contributed by atoms with Crippen LogP contribution in [0.4, 0.5) is 0 Å². The lowest BCUT2D eigenvalue weighted by Crippen LogP contribution is -2.31. The smallest absolute Gasteiger partial charge is 0.121 e. The summed E-state index contributed by atoms with van der Waals surface area (Å²) < 4.78 is 0. The summed E-state index contributed by atoms with van der Waals surface area (Å²) in [5, 5.41) is 13.9. The van der Waals surface area contributed by atoms with Crippen LogP contribution >= 0.6 is 11.6 Å². The Bertz CT molecular complexity index is 379. The Kier molecular flexibility index (Phi) is 4.52. The van der Waals surface area contributed by atoms with Crippen molar-refractivity contribution in [2.45, 2.75) is 45.6 Å². The predicted molar refractivity (Wildman–Crippen MR) is 76.0 cm³/mol. The van der Waals surface area contributed by atoms with Crippen LogP contribution in [0.2, 0.25) is 5.02 Å². The number of phenols is 1. The second-order valence-electron chi connectivity index (χ2n) is 5.40. The number of phenolic OH excluding ortho intramolecular Hbond substituents is 1. The number of benzene rings is 1. The molecule has 100 valence electrons. The van der Waals surface area contributed by atoms with Gasteiger partial charge in [-0.2, -0.15) is 0 Å². The molecule has 18 heavy (non-hydrogen) atoms. The van der Waals surface area contributed by atoms with Gasteiger partial charge in [0, 0.05) is 23.7 Å². The van der Waals surface area contributed by atoms with Crippen LogP contribution in [0.15, 0.2) is 18.2 Å². The van der Waals surface area contributed by atoms with Crippen molar-refractivity contribution in [1.29, 1.82) is 0 Å². The lowest BCUT2D eigenvalue weighted by atomic mass is 9.83. The number of hydrogen-bond donors (Lipinski definition) is 2. The minimum Gasteiger partial charge on any atom is -0.508 e. The van der Waals surface area contributed by atoms with Gasteiger partial charge >= 0.3 is 0 Å². The van der Waals surface area contributed by atoms with Crippen molar-refractivity contribution in [3.05, 3.63) is 28.8 Å². The van der Waals surface area contributed by atoms with Crippen LogP contribution < -0.4 is 5.32 Å². The lowest BCUT2D eigenvalue weighted by molar-refractivity contribution is 0.267. The quantitative estimate of drug-likeness (QED) is 0.842. The van der Waals surface area contributed by atoms with Gasteiger partial charge in [-0.25, -0.2) is 0 Å². The number of hydrogen-bond acceptors (Lipinski definition) is 2. The summed E-state index contributed by atoms with van der Waals surface area (Å²) in [6.07, 6.45) is 6.59. The molecule has 0 aromatic heterocycles. The molecule has 1 aliphatic carbocycles. The molecule has 0 aliphatic heterocycles. The van der Waals surface area contributed by atoms with Gasteiger partial charge in [0.2, 0.25) is 0 Å². The Morgan fingerprint density at radius 1 is 1.33 bits per heavy atom. The molecule has 2 nitrogen and oxygen atoms in total. The van der Waals surface area contributed by atoms with E-state index in [1.807, 2.05) is 6.07 Å². The van der Waals surface area contributed by atoms with Crippen LogP contribution in [0.1, 0.15) is 44.6 Å². The molecule has 3 heteroatoms. The van der Waals surface area contributed by atoms with Gasteiger partial charge in [0.15, 0.2) is 0 Å². The maximum absolute atomic E-state index is 9.78. The molecule has 0 heterocycles. The molecule has 0 unspecified atom stereocenters. The average Bonchev–Trinajstić information content (AvgIpc) is 2.82. The first-order valence-corrected chi connectivity index (χ1v) is 7.22. The molecular weight excluding hydrogens is 246 g/mol.